The molecule has 2 aromatic rings. The standard InChI is InChI=1S/C18H26N6O2S/c1-3-4-11-9-12(22-17-13(11)14(20)15(27-17)16(21)25)23-5-7-24(8-6-23)18(26)10(2)19/h9-10H,3-8,19-20H2,1-2H3,(H2,21,25)/t10-/m0/s1. The van der Waals surface area contributed by atoms with E-state index < -0.39 is 11.9 Å². The first-order valence-electron chi connectivity index (χ1n) is 9.14. The van der Waals surface area contributed by atoms with Crippen LogP contribution in [0.4, 0.5) is 11.5 Å². The van der Waals surface area contributed by atoms with Crippen LogP contribution >= 0.6 is 11.3 Å². The molecule has 0 saturated carbocycles. The molecule has 0 unspecified atom stereocenters. The normalized spacial score (nSPS) is 16.0. The molecule has 2 aromatic heterocycles. The van der Waals surface area contributed by atoms with Crippen LogP contribution in [0.5, 0.6) is 0 Å². The monoisotopic (exact) mass is 390 g/mol. The average Bonchev–Trinajstić information content (AvgIpc) is 2.98. The Bertz CT molecular complexity index is 870. The highest BCUT2D eigenvalue weighted by atomic mass is 32.1. The van der Waals surface area contributed by atoms with Crippen molar-refractivity contribution in [2.75, 3.05) is 36.8 Å². The molecule has 146 valence electrons. The van der Waals surface area contributed by atoms with Crippen LogP contribution < -0.4 is 22.1 Å². The molecule has 3 rings (SSSR count). The molecule has 0 aliphatic carbocycles. The number of fused-ring (bicyclic) bond motifs is 1. The zero-order valence-electron chi connectivity index (χ0n) is 15.7. The highest BCUT2D eigenvalue weighted by molar-refractivity contribution is 7.21. The summed E-state index contributed by atoms with van der Waals surface area (Å²) in [5, 5.41) is 0.838. The van der Waals surface area contributed by atoms with E-state index in [0.29, 0.717) is 36.7 Å². The molecular formula is C18H26N6O2S. The third kappa shape index (κ3) is 3.70. The maximum atomic E-state index is 12.1. The van der Waals surface area contributed by atoms with Gasteiger partial charge in [0, 0.05) is 31.6 Å². The van der Waals surface area contributed by atoms with Crippen molar-refractivity contribution in [2.45, 2.75) is 32.7 Å². The van der Waals surface area contributed by atoms with Gasteiger partial charge in [0.1, 0.15) is 15.5 Å². The van der Waals surface area contributed by atoms with Gasteiger partial charge in [-0.05, 0) is 25.0 Å². The summed E-state index contributed by atoms with van der Waals surface area (Å²) in [7, 11) is 0. The Morgan fingerprint density at radius 3 is 2.52 bits per heavy atom. The molecule has 1 saturated heterocycles. The Morgan fingerprint density at radius 1 is 1.30 bits per heavy atom. The van der Waals surface area contributed by atoms with Gasteiger partial charge in [-0.3, -0.25) is 9.59 Å². The van der Waals surface area contributed by atoms with Gasteiger partial charge in [0.25, 0.3) is 5.91 Å². The molecule has 3 heterocycles. The zero-order valence-corrected chi connectivity index (χ0v) is 16.5. The summed E-state index contributed by atoms with van der Waals surface area (Å²) >= 11 is 1.24. The summed E-state index contributed by atoms with van der Waals surface area (Å²) in [6.45, 7) is 6.41. The van der Waals surface area contributed by atoms with E-state index in [2.05, 4.69) is 11.8 Å². The summed E-state index contributed by atoms with van der Waals surface area (Å²) in [5.74, 6) is 0.292. The molecule has 6 N–H and O–H groups in total. The molecule has 8 nitrogen and oxygen atoms in total. The fourth-order valence-electron chi connectivity index (χ4n) is 3.44. The van der Waals surface area contributed by atoms with Gasteiger partial charge in [-0.25, -0.2) is 4.98 Å². The molecule has 27 heavy (non-hydrogen) atoms. The highest BCUT2D eigenvalue weighted by Crippen LogP contribution is 2.37. The number of amides is 2. The van der Waals surface area contributed by atoms with Crippen LogP contribution in [-0.4, -0.2) is 53.9 Å². The Balaban J connectivity index is 1.92. The summed E-state index contributed by atoms with van der Waals surface area (Å²) in [4.78, 5) is 33.5. The number of carbonyl (C=O) groups excluding carboxylic acids is 2. The van der Waals surface area contributed by atoms with Gasteiger partial charge < -0.3 is 27.0 Å². The lowest BCUT2D eigenvalue weighted by Crippen LogP contribution is -2.52. The third-order valence-electron chi connectivity index (χ3n) is 4.82. The third-order valence-corrected chi connectivity index (χ3v) is 5.93. The van der Waals surface area contributed by atoms with E-state index in [1.165, 1.54) is 11.3 Å². The molecule has 9 heteroatoms. The fraction of sp³-hybridized carbons (Fsp3) is 0.500. The second kappa shape index (κ2) is 7.69. The number of pyridine rings is 1. The number of primary amides is 1. The number of aryl methyl sites for hydroxylation is 1. The lowest BCUT2D eigenvalue weighted by atomic mass is 10.1. The van der Waals surface area contributed by atoms with Crippen LogP contribution in [0, 0.1) is 0 Å². The molecule has 2 amide bonds. The number of hydrogen-bond acceptors (Lipinski definition) is 7. The summed E-state index contributed by atoms with van der Waals surface area (Å²) in [5.41, 5.74) is 18.8. The van der Waals surface area contributed by atoms with Crippen LogP contribution in [0.2, 0.25) is 0 Å². The van der Waals surface area contributed by atoms with Crippen LogP contribution in [0.25, 0.3) is 10.2 Å². The molecule has 0 bridgehead atoms. The van der Waals surface area contributed by atoms with Gasteiger partial charge >= 0.3 is 0 Å². The van der Waals surface area contributed by atoms with Crippen molar-refractivity contribution in [3.05, 3.63) is 16.5 Å². The van der Waals surface area contributed by atoms with Crippen molar-refractivity contribution in [1.29, 1.82) is 0 Å². The average molecular weight is 391 g/mol. The first kappa shape index (κ1) is 19.4. The Hall–Kier alpha value is -2.39. The number of nitrogen functional groups attached to an aromatic ring is 1. The molecule has 1 atom stereocenters. The van der Waals surface area contributed by atoms with Gasteiger partial charge in [0.2, 0.25) is 5.91 Å². The molecule has 0 aromatic carbocycles. The van der Waals surface area contributed by atoms with E-state index in [0.717, 1.165) is 34.4 Å². The van der Waals surface area contributed by atoms with Crippen molar-refractivity contribution >= 4 is 44.9 Å². The van der Waals surface area contributed by atoms with Crippen molar-refractivity contribution in [3.63, 3.8) is 0 Å². The lowest BCUT2D eigenvalue weighted by Gasteiger charge is -2.36. The number of nitrogens with zero attached hydrogens (tertiary/aromatic N) is 3. The summed E-state index contributed by atoms with van der Waals surface area (Å²) in [6.07, 6.45) is 1.80. The number of thiophene rings is 1. The van der Waals surface area contributed by atoms with Crippen LogP contribution in [0.1, 0.15) is 35.5 Å². The van der Waals surface area contributed by atoms with Gasteiger partial charge in [-0.1, -0.05) is 13.3 Å². The maximum Gasteiger partial charge on any atom is 0.260 e. The van der Waals surface area contributed by atoms with Gasteiger partial charge in [0.15, 0.2) is 0 Å². The number of anilines is 2. The van der Waals surface area contributed by atoms with Crippen molar-refractivity contribution < 1.29 is 9.59 Å². The number of rotatable bonds is 5. The predicted octanol–water partition coefficient (Wildman–Crippen LogP) is 0.926. The Kier molecular flexibility index (Phi) is 5.52. The Labute approximate surface area is 162 Å². The molecular weight excluding hydrogens is 364 g/mol. The number of nitrogens with two attached hydrogens (primary N) is 3. The first-order valence-corrected chi connectivity index (χ1v) is 9.96. The second-order valence-electron chi connectivity index (χ2n) is 6.88. The molecule has 1 aliphatic rings. The second-order valence-corrected chi connectivity index (χ2v) is 7.88. The minimum absolute atomic E-state index is 0.0261. The minimum Gasteiger partial charge on any atom is -0.397 e. The van der Waals surface area contributed by atoms with Crippen LogP contribution in [0.15, 0.2) is 6.07 Å². The van der Waals surface area contributed by atoms with E-state index in [4.69, 9.17) is 22.2 Å². The van der Waals surface area contributed by atoms with E-state index in [9.17, 15) is 9.59 Å². The largest absolute Gasteiger partial charge is 0.397 e. The maximum absolute atomic E-state index is 12.1. The van der Waals surface area contributed by atoms with Gasteiger partial charge in [-0.2, -0.15) is 0 Å². The molecule has 0 spiro atoms. The van der Waals surface area contributed by atoms with Gasteiger partial charge in [-0.15, -0.1) is 11.3 Å². The van der Waals surface area contributed by atoms with Crippen LogP contribution in [-0.2, 0) is 11.2 Å². The number of piperazine rings is 1. The predicted molar refractivity (Wildman–Crippen MR) is 109 cm³/mol. The van der Waals surface area contributed by atoms with Crippen LogP contribution in [0.3, 0.4) is 0 Å². The Morgan fingerprint density at radius 2 is 1.96 bits per heavy atom. The quantitative estimate of drug-likeness (QED) is 0.696. The van der Waals surface area contributed by atoms with Crippen molar-refractivity contribution in [2.24, 2.45) is 11.5 Å². The van der Waals surface area contributed by atoms with E-state index in [1.54, 1.807) is 11.8 Å². The zero-order chi connectivity index (χ0) is 19.7. The van der Waals surface area contributed by atoms with Crippen molar-refractivity contribution in [1.82, 2.24) is 9.88 Å². The number of hydrogen-bond donors (Lipinski definition) is 3. The number of aromatic nitrogens is 1. The van der Waals surface area contributed by atoms with Crippen molar-refractivity contribution in [3.8, 4) is 0 Å². The fourth-order valence-corrected chi connectivity index (χ4v) is 4.43. The molecule has 0 radical (unpaired) electrons. The van der Waals surface area contributed by atoms with E-state index in [-0.39, 0.29) is 5.91 Å². The number of carbonyl (C=O) groups is 2. The molecule has 1 aliphatic heterocycles. The van der Waals surface area contributed by atoms with E-state index in [1.807, 2.05) is 6.07 Å². The summed E-state index contributed by atoms with van der Waals surface area (Å²) in [6, 6.07) is 1.56. The SMILES string of the molecule is CCCc1cc(N2CCN(C(=O)[C@H](C)N)CC2)nc2sc(C(N)=O)c(N)c12. The van der Waals surface area contributed by atoms with E-state index >= 15 is 0 Å². The summed E-state index contributed by atoms with van der Waals surface area (Å²) < 4.78 is 0. The lowest BCUT2D eigenvalue weighted by molar-refractivity contribution is -0.132. The minimum atomic E-state index is -0.525. The highest BCUT2D eigenvalue weighted by Gasteiger charge is 2.25. The smallest absolute Gasteiger partial charge is 0.260 e. The topological polar surface area (TPSA) is 132 Å². The molecule has 1 fully saturated rings. The van der Waals surface area contributed by atoms with Gasteiger partial charge in [0.05, 0.1) is 11.7 Å². The first-order chi connectivity index (χ1) is 12.8.